The summed E-state index contributed by atoms with van der Waals surface area (Å²) in [7, 11) is 0. The summed E-state index contributed by atoms with van der Waals surface area (Å²) in [6, 6.07) is 5.54. The fraction of sp³-hybridized carbons (Fsp3) is 0.231. The van der Waals surface area contributed by atoms with Crippen LogP contribution in [0.3, 0.4) is 0 Å². The minimum Gasteiger partial charge on any atom is -0.480 e. The van der Waals surface area contributed by atoms with Crippen molar-refractivity contribution in [3.63, 3.8) is 0 Å². The van der Waals surface area contributed by atoms with Gasteiger partial charge in [0.2, 0.25) is 5.91 Å². The van der Waals surface area contributed by atoms with Crippen LogP contribution in [-0.4, -0.2) is 34.2 Å². The van der Waals surface area contributed by atoms with Gasteiger partial charge in [0.1, 0.15) is 0 Å². The SMILES string of the molecule is CC(O)C(NC(=O)/C=C/c1cccc(N)c1)C(=O)O. The van der Waals surface area contributed by atoms with E-state index < -0.39 is 24.0 Å². The van der Waals surface area contributed by atoms with Crippen LogP contribution in [0.2, 0.25) is 0 Å². The van der Waals surface area contributed by atoms with Crippen LogP contribution in [0.15, 0.2) is 30.3 Å². The zero-order chi connectivity index (χ0) is 14.4. The molecule has 0 spiro atoms. The number of nitrogens with one attached hydrogen (secondary N) is 1. The molecule has 0 saturated heterocycles. The minimum atomic E-state index is -1.34. The third-order valence-corrected chi connectivity index (χ3v) is 2.38. The Balaban J connectivity index is 2.67. The Hall–Kier alpha value is -2.34. The van der Waals surface area contributed by atoms with Crippen LogP contribution in [0.4, 0.5) is 5.69 Å². The molecule has 19 heavy (non-hydrogen) atoms. The van der Waals surface area contributed by atoms with Crippen LogP contribution < -0.4 is 11.1 Å². The molecule has 0 bridgehead atoms. The quantitative estimate of drug-likeness (QED) is 0.449. The number of amides is 1. The molecule has 2 unspecified atom stereocenters. The van der Waals surface area contributed by atoms with E-state index in [1.807, 2.05) is 0 Å². The summed E-state index contributed by atoms with van der Waals surface area (Å²) in [5.41, 5.74) is 6.87. The molecule has 0 aliphatic heterocycles. The minimum absolute atomic E-state index is 0.565. The standard InChI is InChI=1S/C13H16N2O4/c1-8(16)12(13(18)19)15-11(17)6-5-9-3-2-4-10(14)7-9/h2-8,12,16H,14H2,1H3,(H,15,17)(H,18,19)/b6-5+. The molecule has 6 heteroatoms. The highest BCUT2D eigenvalue weighted by atomic mass is 16.4. The first kappa shape index (κ1) is 14.7. The maximum absolute atomic E-state index is 11.5. The van der Waals surface area contributed by atoms with Crippen LogP contribution in [0.25, 0.3) is 6.08 Å². The Kier molecular flexibility index (Phi) is 5.08. The first-order valence-corrected chi connectivity index (χ1v) is 5.65. The van der Waals surface area contributed by atoms with E-state index in [0.29, 0.717) is 5.69 Å². The van der Waals surface area contributed by atoms with E-state index in [1.165, 1.54) is 19.1 Å². The Morgan fingerprint density at radius 1 is 1.42 bits per heavy atom. The lowest BCUT2D eigenvalue weighted by Crippen LogP contribution is -2.47. The van der Waals surface area contributed by atoms with E-state index in [9.17, 15) is 14.7 Å². The number of aliphatic hydroxyl groups excluding tert-OH is 1. The highest BCUT2D eigenvalue weighted by Gasteiger charge is 2.23. The number of aliphatic hydroxyl groups is 1. The fourth-order valence-electron chi connectivity index (χ4n) is 1.42. The van der Waals surface area contributed by atoms with Gasteiger partial charge in [-0.05, 0) is 30.7 Å². The highest BCUT2D eigenvalue weighted by molar-refractivity contribution is 5.94. The number of rotatable bonds is 5. The van der Waals surface area contributed by atoms with Crippen molar-refractivity contribution in [2.45, 2.75) is 19.1 Å². The average molecular weight is 264 g/mol. The molecule has 6 nitrogen and oxygen atoms in total. The summed E-state index contributed by atoms with van der Waals surface area (Å²) < 4.78 is 0. The Labute approximate surface area is 110 Å². The molecule has 0 radical (unpaired) electrons. The van der Waals surface area contributed by atoms with Crippen molar-refractivity contribution in [3.8, 4) is 0 Å². The number of hydrogen-bond acceptors (Lipinski definition) is 4. The van der Waals surface area contributed by atoms with Gasteiger partial charge in [0.05, 0.1) is 6.10 Å². The molecule has 1 rings (SSSR count). The average Bonchev–Trinajstić information content (AvgIpc) is 2.32. The maximum Gasteiger partial charge on any atom is 0.328 e. The number of carbonyl (C=O) groups is 2. The molecule has 1 aromatic rings. The van der Waals surface area contributed by atoms with Gasteiger partial charge >= 0.3 is 5.97 Å². The number of carbonyl (C=O) groups excluding carboxylic acids is 1. The van der Waals surface area contributed by atoms with E-state index in [4.69, 9.17) is 10.8 Å². The van der Waals surface area contributed by atoms with Crippen LogP contribution in [0, 0.1) is 0 Å². The van der Waals surface area contributed by atoms with E-state index in [2.05, 4.69) is 5.32 Å². The van der Waals surface area contributed by atoms with Crippen molar-refractivity contribution in [2.24, 2.45) is 0 Å². The molecule has 0 heterocycles. The molecule has 102 valence electrons. The highest BCUT2D eigenvalue weighted by Crippen LogP contribution is 2.07. The van der Waals surface area contributed by atoms with Crippen molar-refractivity contribution >= 4 is 23.6 Å². The number of anilines is 1. The van der Waals surface area contributed by atoms with Gasteiger partial charge in [0.15, 0.2) is 6.04 Å². The largest absolute Gasteiger partial charge is 0.480 e. The van der Waals surface area contributed by atoms with Gasteiger partial charge in [-0.3, -0.25) is 4.79 Å². The van der Waals surface area contributed by atoms with Gasteiger partial charge < -0.3 is 21.3 Å². The number of carboxylic acids is 1. The van der Waals surface area contributed by atoms with E-state index >= 15 is 0 Å². The summed E-state index contributed by atoms with van der Waals surface area (Å²) >= 11 is 0. The normalized spacial score (nSPS) is 14.0. The summed E-state index contributed by atoms with van der Waals surface area (Å²) in [6.07, 6.45) is 1.52. The number of hydrogen-bond donors (Lipinski definition) is 4. The number of nitrogens with two attached hydrogens (primary N) is 1. The fourth-order valence-corrected chi connectivity index (χ4v) is 1.42. The Bertz CT molecular complexity index is 497. The number of nitrogen functional groups attached to an aromatic ring is 1. The predicted molar refractivity (Wildman–Crippen MR) is 71.1 cm³/mol. The third kappa shape index (κ3) is 4.81. The molecule has 0 aliphatic rings. The van der Waals surface area contributed by atoms with Crippen molar-refractivity contribution in [2.75, 3.05) is 5.73 Å². The lowest BCUT2D eigenvalue weighted by Gasteiger charge is -2.15. The zero-order valence-corrected chi connectivity index (χ0v) is 10.4. The van der Waals surface area contributed by atoms with Crippen LogP contribution in [0.1, 0.15) is 12.5 Å². The lowest BCUT2D eigenvalue weighted by molar-refractivity contribution is -0.144. The van der Waals surface area contributed by atoms with Crippen LogP contribution in [-0.2, 0) is 9.59 Å². The zero-order valence-electron chi connectivity index (χ0n) is 10.4. The number of aliphatic carboxylic acids is 1. The van der Waals surface area contributed by atoms with Crippen LogP contribution >= 0.6 is 0 Å². The molecule has 5 N–H and O–H groups in total. The summed E-state index contributed by atoms with van der Waals surface area (Å²) in [6.45, 7) is 1.29. The van der Waals surface area contributed by atoms with Crippen molar-refractivity contribution in [1.29, 1.82) is 0 Å². The van der Waals surface area contributed by atoms with Gasteiger partial charge in [0, 0.05) is 11.8 Å². The topological polar surface area (TPSA) is 113 Å². The Morgan fingerprint density at radius 3 is 2.63 bits per heavy atom. The molecule has 0 aliphatic carbocycles. The van der Waals surface area contributed by atoms with E-state index in [0.717, 1.165) is 5.56 Å². The molecule has 0 fully saturated rings. The van der Waals surface area contributed by atoms with Crippen molar-refractivity contribution in [1.82, 2.24) is 5.32 Å². The lowest BCUT2D eigenvalue weighted by atomic mass is 10.1. The molecule has 1 amide bonds. The van der Waals surface area contributed by atoms with Gasteiger partial charge in [-0.15, -0.1) is 0 Å². The van der Waals surface area contributed by atoms with E-state index in [-0.39, 0.29) is 0 Å². The molecular weight excluding hydrogens is 248 g/mol. The molecule has 0 aromatic heterocycles. The predicted octanol–water partition coefficient (Wildman–Crippen LogP) is 0.232. The Morgan fingerprint density at radius 2 is 2.11 bits per heavy atom. The molecule has 2 atom stereocenters. The van der Waals surface area contributed by atoms with Gasteiger partial charge in [-0.1, -0.05) is 12.1 Å². The summed E-state index contributed by atoms with van der Waals surface area (Å²) in [5.74, 6) is -1.89. The second-order valence-corrected chi connectivity index (χ2v) is 4.07. The maximum atomic E-state index is 11.5. The third-order valence-electron chi connectivity index (χ3n) is 2.38. The first-order chi connectivity index (χ1) is 8.90. The smallest absolute Gasteiger partial charge is 0.328 e. The van der Waals surface area contributed by atoms with Crippen molar-refractivity contribution in [3.05, 3.63) is 35.9 Å². The number of carboxylic acid groups (broad SMARTS) is 1. The van der Waals surface area contributed by atoms with Gasteiger partial charge in [-0.2, -0.15) is 0 Å². The summed E-state index contributed by atoms with van der Waals surface area (Å²) in [4.78, 5) is 22.3. The van der Waals surface area contributed by atoms with Gasteiger partial charge in [0.25, 0.3) is 0 Å². The van der Waals surface area contributed by atoms with Crippen LogP contribution in [0.5, 0.6) is 0 Å². The monoisotopic (exact) mass is 264 g/mol. The second kappa shape index (κ2) is 6.55. The summed E-state index contributed by atoms with van der Waals surface area (Å²) in [5, 5.41) is 20.2. The van der Waals surface area contributed by atoms with Crippen molar-refractivity contribution < 1.29 is 19.8 Å². The van der Waals surface area contributed by atoms with E-state index in [1.54, 1.807) is 24.3 Å². The second-order valence-electron chi connectivity index (χ2n) is 4.07. The van der Waals surface area contributed by atoms with Gasteiger partial charge in [-0.25, -0.2) is 4.79 Å². The number of benzene rings is 1. The molecule has 0 saturated carbocycles. The molecule has 1 aromatic carbocycles. The first-order valence-electron chi connectivity index (χ1n) is 5.65. The molecular formula is C13H16N2O4.